The Morgan fingerprint density at radius 1 is 1.16 bits per heavy atom. The van der Waals surface area contributed by atoms with Crippen LogP contribution in [0.2, 0.25) is 0 Å². The largest absolute Gasteiger partial charge is 0.509 e. The normalized spacial score (nSPS) is 32.2. The van der Waals surface area contributed by atoms with Crippen LogP contribution in [0.1, 0.15) is 20.8 Å². The van der Waals surface area contributed by atoms with Crippen molar-refractivity contribution in [2.45, 2.75) is 44.7 Å². The number of methoxy groups -OCH3 is 1. The van der Waals surface area contributed by atoms with Crippen molar-refractivity contribution < 1.29 is 28.5 Å². The molecule has 0 aromatic rings. The zero-order chi connectivity index (χ0) is 14.2. The fourth-order valence-corrected chi connectivity index (χ4v) is 2.20. The van der Waals surface area contributed by atoms with E-state index in [0.29, 0.717) is 0 Å². The first-order valence-electron chi connectivity index (χ1n) is 6.13. The first kappa shape index (κ1) is 13.9. The van der Waals surface area contributed by atoms with Gasteiger partial charge in [0.15, 0.2) is 6.10 Å². The first-order valence-corrected chi connectivity index (χ1v) is 6.13. The van der Waals surface area contributed by atoms with Gasteiger partial charge in [0.1, 0.15) is 17.6 Å². The molecule has 19 heavy (non-hydrogen) atoms. The molecule has 0 radical (unpaired) electrons. The lowest BCUT2D eigenvalue weighted by Gasteiger charge is -2.25. The second-order valence-electron chi connectivity index (χ2n) is 5.55. The van der Waals surface area contributed by atoms with Crippen molar-refractivity contribution in [1.82, 2.24) is 0 Å². The molecule has 2 aliphatic heterocycles. The molecular formula is C13H18O6. The van der Waals surface area contributed by atoms with Crippen LogP contribution in [-0.4, -0.2) is 43.1 Å². The van der Waals surface area contributed by atoms with Gasteiger partial charge in [0.25, 0.3) is 0 Å². The Kier molecular flexibility index (Phi) is 3.54. The van der Waals surface area contributed by atoms with Crippen LogP contribution in [0.25, 0.3) is 0 Å². The molecule has 4 atom stereocenters. The van der Waals surface area contributed by atoms with E-state index in [1.54, 1.807) is 32.9 Å². The molecule has 6 nitrogen and oxygen atoms in total. The summed E-state index contributed by atoms with van der Waals surface area (Å²) >= 11 is 0. The number of hydrogen-bond acceptors (Lipinski definition) is 6. The van der Waals surface area contributed by atoms with Gasteiger partial charge >= 0.3 is 12.1 Å². The summed E-state index contributed by atoms with van der Waals surface area (Å²) in [7, 11) is 1.29. The van der Waals surface area contributed by atoms with Crippen molar-refractivity contribution in [1.29, 1.82) is 0 Å². The topological polar surface area (TPSA) is 71.1 Å². The Morgan fingerprint density at radius 3 is 2.37 bits per heavy atom. The Bertz CT molecular complexity index is 408. The predicted molar refractivity (Wildman–Crippen MR) is 64.4 cm³/mol. The molecular weight excluding hydrogens is 252 g/mol. The van der Waals surface area contributed by atoms with Gasteiger partial charge < -0.3 is 18.9 Å². The molecule has 0 aromatic heterocycles. The summed E-state index contributed by atoms with van der Waals surface area (Å²) in [5.74, 6) is -1.09. The molecule has 4 unspecified atom stereocenters. The highest BCUT2D eigenvalue weighted by molar-refractivity contribution is 5.76. The maximum absolute atomic E-state index is 11.7. The zero-order valence-electron chi connectivity index (χ0n) is 11.4. The maximum Gasteiger partial charge on any atom is 0.509 e. The van der Waals surface area contributed by atoms with Crippen LogP contribution < -0.4 is 0 Å². The predicted octanol–water partition coefficient (Wildman–Crippen LogP) is 1.43. The summed E-state index contributed by atoms with van der Waals surface area (Å²) in [6, 6.07) is 0. The fraction of sp³-hybridized carbons (Fsp3) is 0.692. The number of fused-ring (bicyclic) bond motifs is 2. The quantitative estimate of drug-likeness (QED) is 0.558. The van der Waals surface area contributed by atoms with Crippen molar-refractivity contribution in [3.05, 3.63) is 12.2 Å². The third-order valence-corrected chi connectivity index (χ3v) is 2.93. The number of esters is 1. The number of hydrogen-bond donors (Lipinski definition) is 0. The molecule has 0 N–H and O–H groups in total. The second kappa shape index (κ2) is 4.85. The average molecular weight is 270 g/mol. The van der Waals surface area contributed by atoms with Crippen molar-refractivity contribution >= 4 is 12.1 Å². The molecule has 6 heteroatoms. The second-order valence-corrected chi connectivity index (χ2v) is 5.55. The first-order chi connectivity index (χ1) is 8.81. The molecule has 0 spiro atoms. The molecule has 2 bridgehead atoms. The molecule has 0 saturated carbocycles. The van der Waals surface area contributed by atoms with E-state index in [2.05, 4.69) is 0 Å². The third kappa shape index (κ3) is 2.89. The van der Waals surface area contributed by atoms with Gasteiger partial charge in [-0.15, -0.1) is 0 Å². The summed E-state index contributed by atoms with van der Waals surface area (Å²) < 4.78 is 20.5. The van der Waals surface area contributed by atoms with E-state index in [4.69, 9.17) is 18.9 Å². The van der Waals surface area contributed by atoms with Crippen molar-refractivity contribution in [3.63, 3.8) is 0 Å². The number of ether oxygens (including phenoxy) is 4. The van der Waals surface area contributed by atoms with Gasteiger partial charge in [0, 0.05) is 0 Å². The monoisotopic (exact) mass is 270 g/mol. The van der Waals surface area contributed by atoms with Crippen LogP contribution in [0.5, 0.6) is 0 Å². The SMILES string of the molecule is COC(=O)C1C2C=CC(O2)C1OC(=O)OC(C)(C)C. The minimum absolute atomic E-state index is 0.398. The van der Waals surface area contributed by atoms with Crippen LogP contribution in [0.4, 0.5) is 4.79 Å². The van der Waals surface area contributed by atoms with Crippen molar-refractivity contribution in [3.8, 4) is 0 Å². The van der Waals surface area contributed by atoms with Crippen LogP contribution in [-0.2, 0) is 23.7 Å². The van der Waals surface area contributed by atoms with Gasteiger partial charge in [-0.25, -0.2) is 4.79 Å². The molecule has 0 aliphatic carbocycles. The molecule has 1 fully saturated rings. The average Bonchev–Trinajstić information content (AvgIpc) is 2.85. The number of carbonyl (C=O) groups excluding carboxylic acids is 2. The lowest BCUT2D eigenvalue weighted by Crippen LogP contribution is -2.40. The fourth-order valence-electron chi connectivity index (χ4n) is 2.20. The Labute approximate surface area is 111 Å². The van der Waals surface area contributed by atoms with E-state index in [0.717, 1.165) is 0 Å². The highest BCUT2D eigenvalue weighted by Crippen LogP contribution is 2.37. The molecule has 0 amide bonds. The molecule has 2 rings (SSSR count). The van der Waals surface area contributed by atoms with Crippen LogP contribution >= 0.6 is 0 Å². The van der Waals surface area contributed by atoms with Gasteiger partial charge in [0.2, 0.25) is 0 Å². The minimum Gasteiger partial charge on any atom is -0.469 e. The summed E-state index contributed by atoms with van der Waals surface area (Å²) in [5.41, 5.74) is -0.647. The van der Waals surface area contributed by atoms with Crippen LogP contribution in [0, 0.1) is 5.92 Å². The van der Waals surface area contributed by atoms with E-state index >= 15 is 0 Å². The van der Waals surface area contributed by atoms with Crippen LogP contribution in [0.15, 0.2) is 12.2 Å². The molecule has 2 heterocycles. The highest BCUT2D eigenvalue weighted by atomic mass is 16.7. The number of rotatable bonds is 2. The summed E-state index contributed by atoms with van der Waals surface area (Å²) in [5, 5.41) is 0. The Hall–Kier alpha value is -1.56. The van der Waals surface area contributed by atoms with E-state index in [1.807, 2.05) is 0 Å². The molecule has 106 valence electrons. The van der Waals surface area contributed by atoms with E-state index in [1.165, 1.54) is 7.11 Å². The van der Waals surface area contributed by atoms with Gasteiger partial charge in [0.05, 0.1) is 13.2 Å². The highest BCUT2D eigenvalue weighted by Gasteiger charge is 2.53. The lowest BCUT2D eigenvalue weighted by molar-refractivity contribution is -0.149. The zero-order valence-corrected chi connectivity index (χ0v) is 11.4. The van der Waals surface area contributed by atoms with E-state index in [9.17, 15) is 9.59 Å². The Morgan fingerprint density at radius 2 is 1.79 bits per heavy atom. The van der Waals surface area contributed by atoms with Crippen LogP contribution in [0.3, 0.4) is 0 Å². The third-order valence-electron chi connectivity index (χ3n) is 2.93. The van der Waals surface area contributed by atoms with E-state index in [-0.39, 0.29) is 0 Å². The molecule has 0 aromatic carbocycles. The Balaban J connectivity index is 2.04. The summed E-state index contributed by atoms with van der Waals surface area (Å²) in [6.45, 7) is 5.22. The maximum atomic E-state index is 11.7. The standard InChI is InChI=1S/C13H18O6/c1-13(2,3)19-12(15)18-10-8-6-5-7(17-8)9(10)11(14)16-4/h5-10H,1-4H3. The molecule has 1 saturated heterocycles. The van der Waals surface area contributed by atoms with E-state index < -0.39 is 42.0 Å². The molecule has 2 aliphatic rings. The van der Waals surface area contributed by atoms with Crippen molar-refractivity contribution in [2.75, 3.05) is 7.11 Å². The lowest BCUT2D eigenvalue weighted by atomic mass is 9.91. The smallest absolute Gasteiger partial charge is 0.469 e. The van der Waals surface area contributed by atoms with Gasteiger partial charge in [-0.2, -0.15) is 0 Å². The van der Waals surface area contributed by atoms with Crippen molar-refractivity contribution in [2.24, 2.45) is 5.92 Å². The number of carbonyl (C=O) groups is 2. The summed E-state index contributed by atoms with van der Waals surface area (Å²) in [4.78, 5) is 23.4. The minimum atomic E-state index is -0.809. The van der Waals surface area contributed by atoms with Gasteiger partial charge in [-0.3, -0.25) is 4.79 Å². The summed E-state index contributed by atoms with van der Waals surface area (Å²) in [6.07, 6.45) is 1.24. The van der Waals surface area contributed by atoms with Gasteiger partial charge in [-0.1, -0.05) is 12.2 Å². The van der Waals surface area contributed by atoms with Gasteiger partial charge in [-0.05, 0) is 20.8 Å².